The predicted molar refractivity (Wildman–Crippen MR) is 97.0 cm³/mol. The van der Waals surface area contributed by atoms with E-state index in [-0.39, 0.29) is 5.92 Å². The number of anilines is 1. The van der Waals surface area contributed by atoms with E-state index in [9.17, 15) is 5.11 Å². The van der Waals surface area contributed by atoms with E-state index < -0.39 is 5.60 Å². The van der Waals surface area contributed by atoms with E-state index in [1.165, 1.54) is 12.8 Å². The summed E-state index contributed by atoms with van der Waals surface area (Å²) in [5.74, 6) is 1.14. The molecule has 2 heterocycles. The highest BCUT2D eigenvalue weighted by molar-refractivity contribution is 5.45. The van der Waals surface area contributed by atoms with E-state index in [1.54, 1.807) is 6.20 Å². The van der Waals surface area contributed by atoms with Crippen molar-refractivity contribution < 1.29 is 5.11 Å². The van der Waals surface area contributed by atoms with Crippen molar-refractivity contribution >= 4 is 5.82 Å². The van der Waals surface area contributed by atoms with Gasteiger partial charge in [0.15, 0.2) is 0 Å². The normalized spacial score (nSPS) is 28.9. The van der Waals surface area contributed by atoms with E-state index in [0.29, 0.717) is 18.0 Å². The Hall–Kier alpha value is -2.38. The summed E-state index contributed by atoms with van der Waals surface area (Å²) in [6.07, 6.45) is 6.85. The van der Waals surface area contributed by atoms with Crippen molar-refractivity contribution in [1.29, 1.82) is 5.26 Å². The minimum Gasteiger partial charge on any atom is -0.385 e. The molecule has 0 radical (unpaired) electrons. The lowest BCUT2D eigenvalue weighted by Gasteiger charge is -2.53. The van der Waals surface area contributed by atoms with Crippen LogP contribution in [-0.4, -0.2) is 22.7 Å². The molecule has 1 N–H and O–H groups in total. The number of nitrogens with zero attached hydrogens (tertiary/aromatic N) is 3. The van der Waals surface area contributed by atoms with Crippen molar-refractivity contribution in [1.82, 2.24) is 4.98 Å². The zero-order valence-electron chi connectivity index (χ0n) is 14.3. The summed E-state index contributed by atoms with van der Waals surface area (Å²) in [6.45, 7) is 0.783. The Labute approximate surface area is 148 Å². The highest BCUT2D eigenvalue weighted by Gasteiger charge is 2.49. The van der Waals surface area contributed by atoms with Crippen LogP contribution < -0.4 is 4.90 Å². The maximum absolute atomic E-state index is 11.6. The third kappa shape index (κ3) is 2.79. The summed E-state index contributed by atoms with van der Waals surface area (Å²) in [5.41, 5.74) is 0.871. The third-order valence-electron chi connectivity index (χ3n) is 5.92. The van der Waals surface area contributed by atoms with Gasteiger partial charge >= 0.3 is 0 Å². The number of benzene rings is 1. The van der Waals surface area contributed by atoms with Gasteiger partial charge in [-0.25, -0.2) is 4.98 Å². The second-order valence-corrected chi connectivity index (χ2v) is 7.21. The highest BCUT2D eigenvalue weighted by Crippen LogP contribution is 2.47. The van der Waals surface area contributed by atoms with Crippen LogP contribution in [0.3, 0.4) is 0 Å². The molecule has 2 fully saturated rings. The summed E-state index contributed by atoms with van der Waals surface area (Å²) in [4.78, 5) is 6.86. The van der Waals surface area contributed by atoms with Crippen LogP contribution in [0.2, 0.25) is 0 Å². The minimum absolute atomic E-state index is 0.217. The van der Waals surface area contributed by atoms with E-state index in [4.69, 9.17) is 5.26 Å². The van der Waals surface area contributed by atoms with Gasteiger partial charge in [0.1, 0.15) is 11.9 Å². The van der Waals surface area contributed by atoms with E-state index in [0.717, 1.165) is 30.8 Å². The van der Waals surface area contributed by atoms with Crippen molar-refractivity contribution in [3.63, 3.8) is 0 Å². The number of fused-ring (bicyclic) bond motifs is 1. The maximum atomic E-state index is 11.6. The molecular weight excluding hydrogens is 310 g/mol. The standard InChI is InChI=1S/C21H23N3O/c22-14-16-10-11-20(23-15-16)24-13-12-21(25,17-6-2-1-3-7-17)18-8-4-5-9-19(18)24/h1-3,6-7,10-11,15,18-19,25H,4-5,8-9,12-13H2. The highest BCUT2D eigenvalue weighted by atomic mass is 16.3. The first-order valence-corrected chi connectivity index (χ1v) is 9.13. The number of aromatic nitrogens is 1. The molecule has 0 spiro atoms. The fraction of sp³-hybridized carbons (Fsp3) is 0.429. The van der Waals surface area contributed by atoms with Crippen molar-refractivity contribution in [3.8, 4) is 6.07 Å². The average Bonchev–Trinajstić information content (AvgIpc) is 2.69. The van der Waals surface area contributed by atoms with E-state index in [2.05, 4.69) is 28.1 Å². The average molecular weight is 333 g/mol. The summed E-state index contributed by atoms with van der Waals surface area (Å²) in [6, 6.07) is 16.3. The molecule has 25 heavy (non-hydrogen) atoms. The van der Waals surface area contributed by atoms with Crippen LogP contribution in [0.1, 0.15) is 43.2 Å². The molecule has 4 nitrogen and oxygen atoms in total. The molecule has 1 aromatic heterocycles. The molecule has 2 aliphatic rings. The molecule has 128 valence electrons. The Morgan fingerprint density at radius 3 is 2.64 bits per heavy atom. The quantitative estimate of drug-likeness (QED) is 0.912. The third-order valence-corrected chi connectivity index (χ3v) is 5.92. The molecule has 4 rings (SSSR count). The van der Waals surface area contributed by atoms with Crippen molar-refractivity contribution in [2.45, 2.75) is 43.7 Å². The van der Waals surface area contributed by atoms with Gasteiger partial charge in [-0.1, -0.05) is 43.2 Å². The van der Waals surface area contributed by atoms with E-state index in [1.807, 2.05) is 30.3 Å². The Balaban J connectivity index is 1.67. The molecule has 3 atom stereocenters. The molecule has 0 bridgehead atoms. The Morgan fingerprint density at radius 2 is 1.92 bits per heavy atom. The predicted octanol–water partition coefficient (Wildman–Crippen LogP) is 3.61. The molecule has 2 aromatic rings. The Bertz CT molecular complexity index is 768. The van der Waals surface area contributed by atoms with Crippen molar-refractivity contribution in [2.24, 2.45) is 5.92 Å². The maximum Gasteiger partial charge on any atom is 0.128 e. The molecule has 1 aliphatic carbocycles. The zero-order valence-corrected chi connectivity index (χ0v) is 14.3. The number of aliphatic hydroxyl groups is 1. The molecule has 4 heteroatoms. The van der Waals surface area contributed by atoms with Crippen molar-refractivity contribution in [3.05, 3.63) is 59.8 Å². The van der Waals surface area contributed by atoms with Gasteiger partial charge in [0.25, 0.3) is 0 Å². The van der Waals surface area contributed by atoms with Crippen LogP contribution in [0, 0.1) is 17.2 Å². The Kier molecular flexibility index (Phi) is 4.19. The number of nitriles is 1. The first-order valence-electron chi connectivity index (χ1n) is 9.13. The first-order chi connectivity index (χ1) is 12.2. The van der Waals surface area contributed by atoms with Crippen LogP contribution >= 0.6 is 0 Å². The fourth-order valence-electron chi connectivity index (χ4n) is 4.68. The monoisotopic (exact) mass is 333 g/mol. The molecular formula is C21H23N3O. The number of hydrogen-bond donors (Lipinski definition) is 1. The van der Waals surface area contributed by atoms with Crippen molar-refractivity contribution in [2.75, 3.05) is 11.4 Å². The second kappa shape index (κ2) is 6.50. The lowest BCUT2D eigenvalue weighted by molar-refractivity contribution is -0.0690. The van der Waals surface area contributed by atoms with Gasteiger partial charge in [-0.05, 0) is 37.0 Å². The summed E-state index contributed by atoms with van der Waals surface area (Å²) < 4.78 is 0. The molecule has 1 aliphatic heterocycles. The van der Waals surface area contributed by atoms with Crippen LogP contribution in [0.25, 0.3) is 0 Å². The smallest absolute Gasteiger partial charge is 0.128 e. The summed E-state index contributed by atoms with van der Waals surface area (Å²) in [5, 5.41) is 20.6. The van der Waals surface area contributed by atoms with Gasteiger partial charge in [0.2, 0.25) is 0 Å². The summed E-state index contributed by atoms with van der Waals surface area (Å²) in [7, 11) is 0. The van der Waals surface area contributed by atoms with Crippen LogP contribution in [0.15, 0.2) is 48.7 Å². The number of pyridine rings is 1. The lowest BCUT2D eigenvalue weighted by atomic mass is 9.66. The number of hydrogen-bond acceptors (Lipinski definition) is 4. The molecule has 0 amide bonds. The molecule has 1 aromatic carbocycles. The fourth-order valence-corrected chi connectivity index (χ4v) is 4.68. The largest absolute Gasteiger partial charge is 0.385 e. The summed E-state index contributed by atoms with van der Waals surface area (Å²) >= 11 is 0. The van der Waals surface area contributed by atoms with Gasteiger partial charge in [-0.3, -0.25) is 0 Å². The van der Waals surface area contributed by atoms with Gasteiger partial charge in [-0.15, -0.1) is 0 Å². The molecule has 1 saturated heterocycles. The molecule has 1 saturated carbocycles. The second-order valence-electron chi connectivity index (χ2n) is 7.21. The minimum atomic E-state index is -0.755. The van der Waals surface area contributed by atoms with Gasteiger partial charge in [0.05, 0.1) is 11.2 Å². The Morgan fingerprint density at radius 1 is 1.12 bits per heavy atom. The van der Waals surface area contributed by atoms with Gasteiger partial charge < -0.3 is 10.0 Å². The van der Waals surface area contributed by atoms with Crippen LogP contribution in [0.5, 0.6) is 0 Å². The zero-order chi connectivity index (χ0) is 17.3. The number of piperidine rings is 1. The van der Waals surface area contributed by atoms with Crippen LogP contribution in [-0.2, 0) is 5.60 Å². The topological polar surface area (TPSA) is 60.2 Å². The van der Waals surface area contributed by atoms with Gasteiger partial charge in [-0.2, -0.15) is 5.26 Å². The lowest BCUT2D eigenvalue weighted by Crippen LogP contribution is -2.57. The first kappa shape index (κ1) is 16.1. The molecule has 3 unspecified atom stereocenters. The van der Waals surface area contributed by atoms with Gasteiger partial charge in [0, 0.05) is 24.7 Å². The van der Waals surface area contributed by atoms with E-state index >= 15 is 0 Å². The van der Waals surface area contributed by atoms with Crippen LogP contribution in [0.4, 0.5) is 5.82 Å². The SMILES string of the molecule is N#Cc1ccc(N2CCC(O)(c3ccccc3)C3CCCCC32)nc1. The number of rotatable bonds is 2.